The summed E-state index contributed by atoms with van der Waals surface area (Å²) in [6.07, 6.45) is 1.36. The Hall–Kier alpha value is -1.35. The van der Waals surface area contributed by atoms with Gasteiger partial charge in [0.05, 0.1) is 0 Å². The highest BCUT2D eigenvalue weighted by Gasteiger charge is 2.19. The maximum Gasteiger partial charge on any atom is 0.267 e. The molecule has 0 fully saturated rings. The Kier molecular flexibility index (Phi) is 3.79. The summed E-state index contributed by atoms with van der Waals surface area (Å²) < 4.78 is 2.56. The molecule has 1 aromatic carbocycles. The van der Waals surface area contributed by atoms with Gasteiger partial charge in [0.15, 0.2) is 5.16 Å². The number of nitrogens with zero attached hydrogens (tertiary/aromatic N) is 2. The van der Waals surface area contributed by atoms with E-state index in [1.165, 1.54) is 18.0 Å². The van der Waals surface area contributed by atoms with E-state index in [-0.39, 0.29) is 11.1 Å². The minimum atomic E-state index is -0.420. The van der Waals surface area contributed by atoms with E-state index in [1.54, 1.807) is 10.6 Å². The Labute approximate surface area is 132 Å². The first-order chi connectivity index (χ1) is 9.65. The number of halogens is 1. The van der Waals surface area contributed by atoms with Gasteiger partial charge in [-0.2, -0.15) is 0 Å². The Morgan fingerprint density at radius 2 is 2.30 bits per heavy atom. The molecule has 0 radical (unpaired) electrons. The molecule has 0 bridgehead atoms. The lowest BCUT2D eigenvalue weighted by Crippen LogP contribution is -2.29. The van der Waals surface area contributed by atoms with Gasteiger partial charge in [-0.3, -0.25) is 14.2 Å². The molecule has 3 rings (SSSR count). The zero-order valence-electron chi connectivity index (χ0n) is 10.3. The molecule has 20 heavy (non-hydrogen) atoms. The van der Waals surface area contributed by atoms with Crippen LogP contribution in [-0.2, 0) is 6.54 Å². The van der Waals surface area contributed by atoms with Gasteiger partial charge in [-0.25, -0.2) is 4.98 Å². The lowest BCUT2D eigenvalue weighted by atomic mass is 10.2. The second kappa shape index (κ2) is 5.57. The SMILES string of the molecule is O=C(Nc1cccc(I)c1)c1cnc2n(c1=O)CCS2. The maximum atomic E-state index is 12.2. The number of hydrogen-bond donors (Lipinski definition) is 1. The molecule has 1 N–H and O–H groups in total. The third-order valence-corrected chi connectivity index (χ3v) is 4.53. The van der Waals surface area contributed by atoms with E-state index >= 15 is 0 Å². The highest BCUT2D eigenvalue weighted by molar-refractivity contribution is 14.1. The van der Waals surface area contributed by atoms with Gasteiger partial charge >= 0.3 is 0 Å². The smallest absolute Gasteiger partial charge is 0.267 e. The van der Waals surface area contributed by atoms with Crippen LogP contribution >= 0.6 is 34.4 Å². The van der Waals surface area contributed by atoms with Crippen molar-refractivity contribution in [3.63, 3.8) is 0 Å². The topological polar surface area (TPSA) is 64.0 Å². The van der Waals surface area contributed by atoms with Crippen LogP contribution in [0.2, 0.25) is 0 Å². The third-order valence-electron chi connectivity index (χ3n) is 2.88. The summed E-state index contributed by atoms with van der Waals surface area (Å²) in [5.41, 5.74) is 0.472. The van der Waals surface area contributed by atoms with Crippen molar-refractivity contribution in [2.45, 2.75) is 11.7 Å². The van der Waals surface area contributed by atoms with E-state index in [0.717, 1.165) is 9.32 Å². The van der Waals surface area contributed by atoms with Gasteiger partial charge in [-0.15, -0.1) is 0 Å². The average molecular weight is 399 g/mol. The summed E-state index contributed by atoms with van der Waals surface area (Å²) in [5.74, 6) is 0.404. The minimum absolute atomic E-state index is 0.0788. The Morgan fingerprint density at radius 3 is 3.10 bits per heavy atom. The van der Waals surface area contributed by atoms with Crippen molar-refractivity contribution >= 4 is 45.9 Å². The van der Waals surface area contributed by atoms with E-state index in [4.69, 9.17) is 0 Å². The molecule has 1 aliphatic heterocycles. The van der Waals surface area contributed by atoms with E-state index in [2.05, 4.69) is 32.9 Å². The standard InChI is InChI=1S/C13H10IN3O2S/c14-8-2-1-3-9(6-8)16-11(18)10-7-15-13-17(12(10)19)4-5-20-13/h1-3,6-7H,4-5H2,(H,16,18). The highest BCUT2D eigenvalue weighted by atomic mass is 127. The number of carbonyl (C=O) groups excluding carboxylic acids is 1. The van der Waals surface area contributed by atoms with Crippen molar-refractivity contribution in [2.24, 2.45) is 0 Å². The second-order valence-corrected chi connectivity index (χ2v) is 6.53. The molecular weight excluding hydrogens is 389 g/mol. The number of anilines is 1. The summed E-state index contributed by atoms with van der Waals surface area (Å²) in [5, 5.41) is 3.41. The zero-order chi connectivity index (χ0) is 14.1. The van der Waals surface area contributed by atoms with Crippen LogP contribution < -0.4 is 10.9 Å². The highest BCUT2D eigenvalue weighted by Crippen LogP contribution is 2.20. The van der Waals surface area contributed by atoms with Crippen molar-refractivity contribution in [1.29, 1.82) is 0 Å². The predicted molar refractivity (Wildman–Crippen MR) is 86.3 cm³/mol. The Balaban J connectivity index is 1.90. The Morgan fingerprint density at radius 1 is 1.45 bits per heavy atom. The molecule has 102 valence electrons. The summed E-state index contributed by atoms with van der Waals surface area (Å²) in [6.45, 7) is 0.607. The summed E-state index contributed by atoms with van der Waals surface area (Å²) in [7, 11) is 0. The van der Waals surface area contributed by atoms with Crippen molar-refractivity contribution in [3.05, 3.63) is 49.9 Å². The van der Waals surface area contributed by atoms with Crippen LogP contribution in [0.25, 0.3) is 0 Å². The molecule has 0 spiro atoms. The van der Waals surface area contributed by atoms with E-state index in [0.29, 0.717) is 17.4 Å². The number of amides is 1. The largest absolute Gasteiger partial charge is 0.322 e. The fraction of sp³-hybridized carbons (Fsp3) is 0.154. The van der Waals surface area contributed by atoms with Gasteiger partial charge in [0.1, 0.15) is 5.56 Å². The Bertz CT molecular complexity index is 745. The number of hydrogen-bond acceptors (Lipinski definition) is 4. The number of fused-ring (bicyclic) bond motifs is 1. The van der Waals surface area contributed by atoms with Crippen LogP contribution in [0, 0.1) is 3.57 Å². The zero-order valence-corrected chi connectivity index (χ0v) is 13.3. The molecule has 1 amide bonds. The van der Waals surface area contributed by atoms with Gasteiger partial charge in [0.25, 0.3) is 11.5 Å². The van der Waals surface area contributed by atoms with Crippen molar-refractivity contribution in [3.8, 4) is 0 Å². The second-order valence-electron chi connectivity index (χ2n) is 4.22. The predicted octanol–water partition coefficient (Wildman–Crippen LogP) is 2.21. The summed E-state index contributed by atoms with van der Waals surface area (Å²) >= 11 is 3.69. The number of benzene rings is 1. The van der Waals surface area contributed by atoms with Crippen LogP contribution in [-0.4, -0.2) is 21.2 Å². The summed E-state index contributed by atoms with van der Waals surface area (Å²) in [6, 6.07) is 7.40. The van der Waals surface area contributed by atoms with Crippen molar-refractivity contribution in [2.75, 3.05) is 11.1 Å². The molecule has 1 aromatic heterocycles. The molecule has 0 unspecified atom stereocenters. The van der Waals surface area contributed by atoms with Gasteiger partial charge in [-0.1, -0.05) is 17.8 Å². The van der Waals surface area contributed by atoms with Crippen LogP contribution in [0.5, 0.6) is 0 Å². The summed E-state index contributed by atoms with van der Waals surface area (Å²) in [4.78, 5) is 28.5. The number of carbonyl (C=O) groups is 1. The lowest BCUT2D eigenvalue weighted by molar-refractivity contribution is 0.102. The first kappa shape index (κ1) is 13.6. The number of aromatic nitrogens is 2. The molecule has 0 saturated heterocycles. The van der Waals surface area contributed by atoms with Crippen LogP contribution in [0.4, 0.5) is 5.69 Å². The van der Waals surface area contributed by atoms with Gasteiger partial charge in [0, 0.05) is 27.8 Å². The number of nitrogens with one attached hydrogen (secondary N) is 1. The van der Waals surface area contributed by atoms with E-state index < -0.39 is 5.91 Å². The van der Waals surface area contributed by atoms with Gasteiger partial charge in [0.2, 0.25) is 0 Å². The van der Waals surface area contributed by atoms with E-state index in [9.17, 15) is 9.59 Å². The fourth-order valence-electron chi connectivity index (χ4n) is 1.94. The number of thioether (sulfide) groups is 1. The average Bonchev–Trinajstić information content (AvgIpc) is 2.88. The molecule has 0 atom stereocenters. The quantitative estimate of drug-likeness (QED) is 0.622. The van der Waals surface area contributed by atoms with Crippen molar-refractivity contribution < 1.29 is 4.79 Å². The van der Waals surface area contributed by atoms with Gasteiger partial charge < -0.3 is 5.32 Å². The molecule has 0 saturated carbocycles. The maximum absolute atomic E-state index is 12.2. The molecule has 1 aliphatic rings. The lowest BCUT2D eigenvalue weighted by Gasteiger charge is -2.07. The first-order valence-electron chi connectivity index (χ1n) is 5.95. The van der Waals surface area contributed by atoms with Crippen LogP contribution in [0.15, 0.2) is 40.4 Å². The number of rotatable bonds is 2. The molecule has 2 aromatic rings. The molecule has 7 heteroatoms. The third kappa shape index (κ3) is 2.59. The molecular formula is C13H10IN3O2S. The monoisotopic (exact) mass is 399 g/mol. The minimum Gasteiger partial charge on any atom is -0.322 e. The van der Waals surface area contributed by atoms with Crippen LogP contribution in [0.3, 0.4) is 0 Å². The van der Waals surface area contributed by atoms with Crippen molar-refractivity contribution in [1.82, 2.24) is 9.55 Å². The van der Waals surface area contributed by atoms with Gasteiger partial charge in [-0.05, 0) is 40.8 Å². The molecule has 5 nitrogen and oxygen atoms in total. The van der Waals surface area contributed by atoms with Crippen LogP contribution in [0.1, 0.15) is 10.4 Å². The van der Waals surface area contributed by atoms with E-state index in [1.807, 2.05) is 18.2 Å². The first-order valence-corrected chi connectivity index (χ1v) is 8.01. The molecule has 2 heterocycles. The normalized spacial score (nSPS) is 13.1. The fourth-order valence-corrected chi connectivity index (χ4v) is 3.39. The molecule has 0 aliphatic carbocycles.